The van der Waals surface area contributed by atoms with Crippen LogP contribution in [0, 0.1) is 6.92 Å². The van der Waals surface area contributed by atoms with Crippen LogP contribution in [-0.4, -0.2) is 49.1 Å². The van der Waals surface area contributed by atoms with Crippen LogP contribution in [0.15, 0.2) is 97.2 Å². The van der Waals surface area contributed by atoms with Crippen LogP contribution in [0.4, 0.5) is 0 Å². The van der Waals surface area contributed by atoms with Gasteiger partial charge in [0.25, 0.3) is 5.91 Å². The maximum absolute atomic E-state index is 13.7. The van der Waals surface area contributed by atoms with Gasteiger partial charge in [-0.15, -0.1) is 0 Å². The van der Waals surface area contributed by atoms with Gasteiger partial charge in [-0.1, -0.05) is 54.1 Å². The lowest BCUT2D eigenvalue weighted by molar-refractivity contribution is -0.123. The van der Waals surface area contributed by atoms with Crippen molar-refractivity contribution in [1.82, 2.24) is 15.2 Å². The summed E-state index contributed by atoms with van der Waals surface area (Å²) in [7, 11) is 3.21. The predicted octanol–water partition coefficient (Wildman–Crippen LogP) is 4.74. The summed E-state index contributed by atoms with van der Waals surface area (Å²) in [5.41, 5.74) is 11.8. The molecule has 9 heteroatoms. The van der Waals surface area contributed by atoms with Gasteiger partial charge in [-0.25, -0.2) is 0 Å². The van der Waals surface area contributed by atoms with Crippen molar-refractivity contribution >= 4 is 28.6 Å². The first-order chi connectivity index (χ1) is 22.7. The Morgan fingerprint density at radius 3 is 2.04 bits per heavy atom. The summed E-state index contributed by atoms with van der Waals surface area (Å²) in [5.74, 6) is 0.324. The topological polar surface area (TPSA) is 125 Å². The minimum Gasteiger partial charge on any atom is -0.497 e. The number of benzene rings is 4. The van der Waals surface area contributed by atoms with Gasteiger partial charge < -0.3 is 30.4 Å². The Labute approximate surface area is 274 Å². The Hall–Kier alpha value is -5.57. The molecule has 4 N–H and O–H groups in total. The predicted molar refractivity (Wildman–Crippen MR) is 183 cm³/mol. The van der Waals surface area contributed by atoms with E-state index in [-0.39, 0.29) is 18.7 Å². The zero-order valence-electron chi connectivity index (χ0n) is 26.9. The SMILES string of the molecule is COc1ccc(CCNC(=O)[C@H](Cc2ccc(OC)cc2)NC(=O)c2ccc3c(c2)c(CC(N)=O)cn3Cc2ccc(C)cc2)cc1. The second-order valence-electron chi connectivity index (χ2n) is 11.6. The second-order valence-corrected chi connectivity index (χ2v) is 11.6. The molecule has 9 nitrogen and oxygen atoms in total. The number of ether oxygens (including phenoxy) is 2. The van der Waals surface area contributed by atoms with Crippen LogP contribution in [0.5, 0.6) is 11.5 Å². The number of aromatic nitrogens is 1. The average molecular weight is 633 g/mol. The summed E-state index contributed by atoms with van der Waals surface area (Å²) >= 11 is 0. The van der Waals surface area contributed by atoms with E-state index in [1.54, 1.807) is 26.4 Å². The molecule has 0 aliphatic rings. The van der Waals surface area contributed by atoms with Crippen LogP contribution in [0.3, 0.4) is 0 Å². The van der Waals surface area contributed by atoms with Crippen molar-refractivity contribution < 1.29 is 23.9 Å². The fraction of sp³-hybridized carbons (Fsp3) is 0.237. The van der Waals surface area contributed by atoms with Crippen LogP contribution in [0.2, 0.25) is 0 Å². The number of rotatable bonds is 14. The van der Waals surface area contributed by atoms with E-state index in [0.717, 1.165) is 38.9 Å². The van der Waals surface area contributed by atoms with E-state index in [9.17, 15) is 14.4 Å². The maximum atomic E-state index is 13.7. The van der Waals surface area contributed by atoms with Crippen molar-refractivity contribution in [3.8, 4) is 11.5 Å². The number of amides is 3. The van der Waals surface area contributed by atoms with Crippen molar-refractivity contribution in [2.45, 2.75) is 38.8 Å². The van der Waals surface area contributed by atoms with Crippen molar-refractivity contribution in [2.75, 3.05) is 20.8 Å². The lowest BCUT2D eigenvalue weighted by atomic mass is 10.0. The number of carbonyl (C=O) groups is 3. The standard InChI is InChI=1S/C38H40N4O5/c1-25-4-6-28(7-5-25)23-42-24-30(22-36(39)43)33-21-29(12-17-35(33)42)37(44)41-34(20-27-10-15-32(47-3)16-11-27)38(45)40-19-18-26-8-13-31(46-2)14-9-26/h4-17,21,24,34H,18-20,22-23H2,1-3H3,(H2,39,43)(H,40,45)(H,41,44)/t34-/m0/s1. The molecule has 0 aliphatic carbocycles. The molecule has 0 saturated carbocycles. The fourth-order valence-electron chi connectivity index (χ4n) is 5.56. The van der Waals surface area contributed by atoms with Crippen LogP contribution >= 0.6 is 0 Å². The van der Waals surface area contributed by atoms with E-state index in [1.165, 1.54) is 5.56 Å². The molecule has 5 rings (SSSR count). The summed E-state index contributed by atoms with van der Waals surface area (Å²) in [6.07, 6.45) is 2.86. The maximum Gasteiger partial charge on any atom is 0.251 e. The highest BCUT2D eigenvalue weighted by Crippen LogP contribution is 2.25. The molecule has 0 saturated heterocycles. The molecular formula is C38H40N4O5. The van der Waals surface area contributed by atoms with Gasteiger partial charge in [-0.2, -0.15) is 0 Å². The Balaban J connectivity index is 1.36. The summed E-state index contributed by atoms with van der Waals surface area (Å²) in [5, 5.41) is 6.70. The molecule has 0 spiro atoms. The lowest BCUT2D eigenvalue weighted by Gasteiger charge is -2.19. The number of methoxy groups -OCH3 is 2. The molecule has 0 aliphatic heterocycles. The molecule has 0 radical (unpaired) electrons. The average Bonchev–Trinajstić information content (AvgIpc) is 3.41. The number of carbonyl (C=O) groups excluding carboxylic acids is 3. The van der Waals surface area contributed by atoms with E-state index in [4.69, 9.17) is 15.2 Å². The number of hydrogen-bond donors (Lipinski definition) is 3. The monoisotopic (exact) mass is 632 g/mol. The van der Waals surface area contributed by atoms with Crippen LogP contribution in [0.25, 0.3) is 10.9 Å². The van der Waals surface area contributed by atoms with Crippen molar-refractivity contribution in [2.24, 2.45) is 5.73 Å². The fourth-order valence-corrected chi connectivity index (χ4v) is 5.56. The van der Waals surface area contributed by atoms with Crippen molar-refractivity contribution in [3.05, 3.63) is 131 Å². The molecular weight excluding hydrogens is 592 g/mol. The number of hydrogen-bond acceptors (Lipinski definition) is 5. The molecule has 1 atom stereocenters. The first-order valence-electron chi connectivity index (χ1n) is 15.5. The molecule has 0 bridgehead atoms. The van der Waals surface area contributed by atoms with Crippen molar-refractivity contribution in [3.63, 3.8) is 0 Å². The number of primary amides is 1. The molecule has 242 valence electrons. The van der Waals surface area contributed by atoms with Crippen LogP contribution in [0.1, 0.15) is 38.2 Å². The number of nitrogens with one attached hydrogen (secondary N) is 2. The van der Waals surface area contributed by atoms with Gasteiger partial charge in [0.1, 0.15) is 17.5 Å². The smallest absolute Gasteiger partial charge is 0.251 e. The third kappa shape index (κ3) is 8.58. The number of aryl methyl sites for hydroxylation is 1. The third-order valence-corrected chi connectivity index (χ3v) is 8.16. The Morgan fingerprint density at radius 1 is 0.809 bits per heavy atom. The van der Waals surface area contributed by atoms with E-state index in [0.29, 0.717) is 30.8 Å². The molecule has 5 aromatic rings. The first-order valence-corrected chi connectivity index (χ1v) is 15.5. The zero-order valence-corrected chi connectivity index (χ0v) is 26.9. The van der Waals surface area contributed by atoms with Gasteiger partial charge >= 0.3 is 0 Å². The minimum atomic E-state index is -0.835. The van der Waals surface area contributed by atoms with Gasteiger partial charge in [-0.05, 0) is 78.1 Å². The molecule has 4 aromatic carbocycles. The Bertz CT molecular complexity index is 1840. The van der Waals surface area contributed by atoms with Gasteiger partial charge in [0.05, 0.1) is 20.6 Å². The van der Waals surface area contributed by atoms with Crippen molar-refractivity contribution in [1.29, 1.82) is 0 Å². The quantitative estimate of drug-likeness (QED) is 0.163. The largest absolute Gasteiger partial charge is 0.497 e. The third-order valence-electron chi connectivity index (χ3n) is 8.16. The molecule has 47 heavy (non-hydrogen) atoms. The van der Waals surface area contributed by atoms with Gasteiger partial charge in [0.15, 0.2) is 0 Å². The summed E-state index contributed by atoms with van der Waals surface area (Å²) in [6.45, 7) is 3.04. The lowest BCUT2D eigenvalue weighted by Crippen LogP contribution is -2.48. The normalized spacial score (nSPS) is 11.6. The zero-order chi connectivity index (χ0) is 33.3. The van der Waals surface area contributed by atoms with E-state index < -0.39 is 17.9 Å². The number of nitrogens with two attached hydrogens (primary N) is 1. The number of nitrogens with zero attached hydrogens (tertiary/aromatic N) is 1. The summed E-state index contributed by atoms with van der Waals surface area (Å²) < 4.78 is 12.6. The Morgan fingerprint density at radius 2 is 1.43 bits per heavy atom. The van der Waals surface area contributed by atoms with Gasteiger partial charge in [0, 0.05) is 42.2 Å². The summed E-state index contributed by atoms with van der Waals surface area (Å²) in [4.78, 5) is 39.1. The highest BCUT2D eigenvalue weighted by Gasteiger charge is 2.23. The molecule has 1 aromatic heterocycles. The van der Waals surface area contributed by atoms with E-state index in [1.807, 2.05) is 67.7 Å². The Kier molecular flexibility index (Phi) is 10.6. The first kappa shape index (κ1) is 32.8. The molecule has 0 unspecified atom stereocenters. The van der Waals surface area contributed by atoms with Gasteiger partial charge in [0.2, 0.25) is 11.8 Å². The van der Waals surface area contributed by atoms with E-state index in [2.05, 4.69) is 39.5 Å². The van der Waals surface area contributed by atoms with E-state index >= 15 is 0 Å². The molecule has 1 heterocycles. The van der Waals surface area contributed by atoms with Gasteiger partial charge in [-0.3, -0.25) is 14.4 Å². The highest BCUT2D eigenvalue weighted by molar-refractivity contribution is 6.01. The molecule has 0 fully saturated rings. The number of fused-ring (bicyclic) bond motifs is 1. The van der Waals surface area contributed by atoms with Crippen LogP contribution in [-0.2, 0) is 35.4 Å². The van der Waals surface area contributed by atoms with Crippen LogP contribution < -0.4 is 25.8 Å². The highest BCUT2D eigenvalue weighted by atomic mass is 16.5. The second kappa shape index (κ2) is 15.1. The minimum absolute atomic E-state index is 0.0408. The summed E-state index contributed by atoms with van der Waals surface area (Å²) in [6, 6.07) is 27.9. The molecule has 3 amide bonds.